The van der Waals surface area contributed by atoms with Gasteiger partial charge in [0.15, 0.2) is 0 Å². The molecule has 14 heteroatoms. The molecular formula is C25H16F4N2O6S2. The number of hydrogen-bond donors (Lipinski definition) is 3. The van der Waals surface area contributed by atoms with E-state index >= 15 is 0 Å². The SMILES string of the molecule is O=C(CCN1C(=O)S/C(=C\c2cc(-c3ccc(F)c(C(F)(F)F)c3)cs2)C1=O)Nc1ccc(O)c(C(=O)O)c1. The summed E-state index contributed by atoms with van der Waals surface area (Å²) in [5.41, 5.74) is -1.22. The predicted molar refractivity (Wildman–Crippen MR) is 136 cm³/mol. The van der Waals surface area contributed by atoms with Crippen LogP contribution in [0.5, 0.6) is 5.75 Å². The van der Waals surface area contributed by atoms with Gasteiger partial charge in [0.25, 0.3) is 11.1 Å². The van der Waals surface area contributed by atoms with E-state index < -0.39 is 51.9 Å². The summed E-state index contributed by atoms with van der Waals surface area (Å²) in [6.45, 7) is -0.261. The Hall–Kier alpha value is -4.17. The first-order valence-electron chi connectivity index (χ1n) is 10.9. The number of carbonyl (C=O) groups excluding carboxylic acids is 3. The number of amides is 3. The summed E-state index contributed by atoms with van der Waals surface area (Å²) < 4.78 is 52.7. The number of phenols is 1. The Bertz CT molecular complexity index is 1530. The van der Waals surface area contributed by atoms with E-state index in [4.69, 9.17) is 5.11 Å². The first-order valence-corrected chi connectivity index (χ1v) is 12.6. The number of nitrogens with zero attached hydrogens (tertiary/aromatic N) is 1. The highest BCUT2D eigenvalue weighted by atomic mass is 32.2. The number of hydrogen-bond acceptors (Lipinski definition) is 7. The third kappa shape index (κ3) is 6.29. The van der Waals surface area contributed by atoms with Gasteiger partial charge in [0, 0.05) is 23.5 Å². The van der Waals surface area contributed by atoms with Gasteiger partial charge in [-0.2, -0.15) is 13.2 Å². The quantitative estimate of drug-likeness (QED) is 0.177. The van der Waals surface area contributed by atoms with E-state index in [1.54, 1.807) is 0 Å². The lowest BCUT2D eigenvalue weighted by Gasteiger charge is -2.12. The average molecular weight is 581 g/mol. The summed E-state index contributed by atoms with van der Waals surface area (Å²) in [6, 6.07) is 7.57. The fraction of sp³-hybridized carbons (Fsp3) is 0.120. The average Bonchev–Trinajstić information content (AvgIpc) is 3.42. The number of carbonyl (C=O) groups is 4. The van der Waals surface area contributed by atoms with Crippen LogP contribution in [-0.4, -0.2) is 44.7 Å². The molecule has 2 aromatic carbocycles. The Balaban J connectivity index is 1.41. The second-order valence-corrected chi connectivity index (χ2v) is 10.0. The van der Waals surface area contributed by atoms with Gasteiger partial charge >= 0.3 is 12.1 Å². The summed E-state index contributed by atoms with van der Waals surface area (Å²) in [5.74, 6) is -4.54. The van der Waals surface area contributed by atoms with Crippen molar-refractivity contribution in [2.24, 2.45) is 0 Å². The molecule has 0 unspecified atom stereocenters. The molecule has 0 aliphatic carbocycles. The third-order valence-electron chi connectivity index (χ3n) is 5.44. The molecule has 0 bridgehead atoms. The summed E-state index contributed by atoms with van der Waals surface area (Å²) in [4.78, 5) is 49.9. The monoisotopic (exact) mass is 580 g/mol. The van der Waals surface area contributed by atoms with E-state index in [2.05, 4.69) is 5.32 Å². The normalized spacial score (nSPS) is 14.8. The van der Waals surface area contributed by atoms with Crippen LogP contribution in [0.25, 0.3) is 17.2 Å². The van der Waals surface area contributed by atoms with Gasteiger partial charge in [-0.1, -0.05) is 6.07 Å². The lowest BCUT2D eigenvalue weighted by molar-refractivity contribution is -0.140. The highest BCUT2D eigenvalue weighted by Crippen LogP contribution is 2.37. The molecule has 39 heavy (non-hydrogen) atoms. The number of thioether (sulfide) groups is 1. The number of rotatable bonds is 7. The molecule has 1 aromatic heterocycles. The molecule has 3 aromatic rings. The second-order valence-electron chi connectivity index (χ2n) is 8.10. The molecule has 1 aliphatic rings. The van der Waals surface area contributed by atoms with Crippen LogP contribution in [0, 0.1) is 5.82 Å². The molecule has 0 radical (unpaired) electrons. The van der Waals surface area contributed by atoms with E-state index in [0.717, 1.165) is 34.4 Å². The summed E-state index contributed by atoms with van der Waals surface area (Å²) >= 11 is 1.74. The van der Waals surface area contributed by atoms with E-state index in [-0.39, 0.29) is 29.1 Å². The molecule has 3 amide bonds. The van der Waals surface area contributed by atoms with Crippen molar-refractivity contribution in [3.63, 3.8) is 0 Å². The minimum atomic E-state index is -4.86. The zero-order valence-corrected chi connectivity index (χ0v) is 21.0. The third-order valence-corrected chi connectivity index (χ3v) is 7.23. The van der Waals surface area contributed by atoms with Gasteiger partial charge in [0.2, 0.25) is 5.91 Å². The molecule has 0 atom stereocenters. The smallest absolute Gasteiger partial charge is 0.419 e. The maximum Gasteiger partial charge on any atom is 0.419 e. The molecule has 2 heterocycles. The predicted octanol–water partition coefficient (Wildman–Crippen LogP) is 6.04. The lowest BCUT2D eigenvalue weighted by atomic mass is 10.0. The highest BCUT2D eigenvalue weighted by Gasteiger charge is 2.36. The Morgan fingerprint density at radius 3 is 2.49 bits per heavy atom. The standard InChI is InChI=1S/C25H16F4N2O6S2/c26-18-3-1-12(8-17(18)25(27,28)29)13-7-15(38-11-13)10-20-22(34)31(24(37)39-20)6-5-21(33)30-14-2-4-19(32)16(9-14)23(35)36/h1-4,7-11,32H,5-6H2,(H,30,33)(H,35,36)/b20-10-. The van der Waals surface area contributed by atoms with Crippen LogP contribution in [0.15, 0.2) is 52.7 Å². The van der Waals surface area contributed by atoms with Crippen LogP contribution in [0.3, 0.4) is 0 Å². The number of anilines is 1. The number of thiophene rings is 1. The molecule has 0 saturated carbocycles. The molecule has 4 rings (SSSR count). The Morgan fingerprint density at radius 2 is 1.79 bits per heavy atom. The number of imide groups is 1. The molecule has 1 aliphatic heterocycles. The van der Waals surface area contributed by atoms with Gasteiger partial charge in [-0.15, -0.1) is 11.3 Å². The zero-order valence-electron chi connectivity index (χ0n) is 19.4. The summed E-state index contributed by atoms with van der Waals surface area (Å²) in [6.07, 6.45) is -3.75. The van der Waals surface area contributed by atoms with Crippen molar-refractivity contribution in [2.45, 2.75) is 12.6 Å². The van der Waals surface area contributed by atoms with Crippen LogP contribution in [0.4, 0.5) is 28.0 Å². The Labute approximate surface area is 225 Å². The summed E-state index contributed by atoms with van der Waals surface area (Å²) in [7, 11) is 0. The topological polar surface area (TPSA) is 124 Å². The highest BCUT2D eigenvalue weighted by molar-refractivity contribution is 8.18. The van der Waals surface area contributed by atoms with Crippen molar-refractivity contribution < 1.29 is 47.0 Å². The van der Waals surface area contributed by atoms with Gasteiger partial charge in [0.05, 0.1) is 10.5 Å². The zero-order chi connectivity index (χ0) is 28.5. The van der Waals surface area contributed by atoms with Gasteiger partial charge in [-0.05, 0) is 70.7 Å². The number of nitrogens with one attached hydrogen (secondary N) is 1. The minimum absolute atomic E-state index is 0.0496. The molecular weight excluding hydrogens is 564 g/mol. The number of aromatic hydroxyl groups is 1. The van der Waals surface area contributed by atoms with E-state index in [1.807, 2.05) is 0 Å². The maximum absolute atomic E-state index is 13.6. The van der Waals surface area contributed by atoms with Gasteiger partial charge in [-0.3, -0.25) is 19.3 Å². The van der Waals surface area contributed by atoms with Crippen LogP contribution in [0.2, 0.25) is 0 Å². The van der Waals surface area contributed by atoms with Crippen molar-refractivity contribution in [2.75, 3.05) is 11.9 Å². The number of carboxylic acid groups (broad SMARTS) is 1. The lowest BCUT2D eigenvalue weighted by Crippen LogP contribution is -2.31. The molecule has 1 saturated heterocycles. The first-order chi connectivity index (χ1) is 18.3. The molecule has 1 fully saturated rings. The van der Waals surface area contributed by atoms with Crippen molar-refractivity contribution in [3.05, 3.63) is 74.6 Å². The Kier molecular flexibility index (Phi) is 7.79. The number of carboxylic acids is 1. The maximum atomic E-state index is 13.6. The van der Waals surface area contributed by atoms with E-state index in [9.17, 15) is 41.8 Å². The molecule has 3 N–H and O–H groups in total. The molecule has 202 valence electrons. The number of halogens is 4. The van der Waals surface area contributed by atoms with Crippen molar-refractivity contribution >= 4 is 57.9 Å². The van der Waals surface area contributed by atoms with Crippen molar-refractivity contribution in [1.82, 2.24) is 4.90 Å². The second kappa shape index (κ2) is 10.9. The number of aromatic carboxylic acids is 1. The van der Waals surface area contributed by atoms with E-state index in [0.29, 0.717) is 28.3 Å². The van der Waals surface area contributed by atoms with Crippen LogP contribution < -0.4 is 5.32 Å². The van der Waals surface area contributed by atoms with Crippen LogP contribution in [-0.2, 0) is 15.8 Å². The summed E-state index contributed by atoms with van der Waals surface area (Å²) in [5, 5.41) is 21.9. The van der Waals surface area contributed by atoms with Gasteiger partial charge in [-0.25, -0.2) is 9.18 Å². The molecule has 8 nitrogen and oxygen atoms in total. The van der Waals surface area contributed by atoms with E-state index in [1.165, 1.54) is 29.7 Å². The van der Waals surface area contributed by atoms with Crippen molar-refractivity contribution in [1.29, 1.82) is 0 Å². The first kappa shape index (κ1) is 27.9. The van der Waals surface area contributed by atoms with Gasteiger partial charge < -0.3 is 15.5 Å². The molecule has 0 spiro atoms. The number of benzene rings is 2. The van der Waals surface area contributed by atoms with Crippen LogP contribution >= 0.6 is 23.1 Å². The number of alkyl halides is 3. The largest absolute Gasteiger partial charge is 0.507 e. The minimum Gasteiger partial charge on any atom is -0.507 e. The fourth-order valence-electron chi connectivity index (χ4n) is 3.55. The van der Waals surface area contributed by atoms with Crippen LogP contribution in [0.1, 0.15) is 27.2 Å². The Morgan fingerprint density at radius 1 is 1.05 bits per heavy atom. The van der Waals surface area contributed by atoms with Gasteiger partial charge in [0.1, 0.15) is 17.1 Å². The fourth-order valence-corrected chi connectivity index (χ4v) is 5.32. The van der Waals surface area contributed by atoms with Crippen molar-refractivity contribution in [3.8, 4) is 16.9 Å².